The maximum atomic E-state index is 16.0. The molecule has 127 heavy (non-hydrogen) atoms. The van der Waals surface area contributed by atoms with Crippen molar-refractivity contribution in [2.24, 2.45) is 0 Å². The third-order valence-corrected chi connectivity index (χ3v) is 24.1. The van der Waals surface area contributed by atoms with Crippen LogP contribution in [0.1, 0.15) is 160 Å². The second-order valence-corrected chi connectivity index (χ2v) is 34.0. The number of terminal acetylenes is 3. The Morgan fingerprint density at radius 3 is 1.09 bits per heavy atom. The van der Waals surface area contributed by atoms with Gasteiger partial charge in [0.15, 0.2) is 5.65 Å². The number of rotatable bonds is 17. The van der Waals surface area contributed by atoms with Gasteiger partial charge in [-0.2, -0.15) is 0 Å². The van der Waals surface area contributed by atoms with E-state index in [4.69, 9.17) is 52.4 Å². The van der Waals surface area contributed by atoms with Crippen molar-refractivity contribution < 1.29 is 23.2 Å². The fourth-order valence-corrected chi connectivity index (χ4v) is 17.6. The van der Waals surface area contributed by atoms with Crippen molar-refractivity contribution in [2.75, 3.05) is 93.2 Å². The third-order valence-electron chi connectivity index (χ3n) is 23.5. The Bertz CT molecular complexity index is 6740. The molecule has 648 valence electrons. The zero-order chi connectivity index (χ0) is 91.4. The summed E-state index contributed by atoms with van der Waals surface area (Å²) in [6.07, 6.45) is 27.3. The van der Waals surface area contributed by atoms with Crippen molar-refractivity contribution in [3.63, 3.8) is 0 Å². The Morgan fingerprint density at radius 1 is 0.386 bits per heavy atom. The molecule has 15 rings (SSSR count). The molecule has 3 aliphatic rings. The van der Waals surface area contributed by atoms with Gasteiger partial charge in [-0.1, -0.05) is 191 Å². The van der Waals surface area contributed by atoms with E-state index >= 15 is 4.39 Å². The third kappa shape index (κ3) is 17.5. The molecule has 12 aromatic rings. The van der Waals surface area contributed by atoms with Gasteiger partial charge in [0.05, 0.1) is 72.6 Å². The van der Waals surface area contributed by atoms with Crippen LogP contribution in [0, 0.1) is 69.4 Å². The largest absolute Gasteiger partial charge is 0.366 e. The number of anilines is 3. The summed E-state index contributed by atoms with van der Waals surface area (Å²) in [5.41, 5.74) is 13.4. The lowest BCUT2D eigenvalue weighted by molar-refractivity contribution is -0.127. The number of amides is 3. The predicted molar refractivity (Wildman–Crippen MR) is 507 cm³/mol. The van der Waals surface area contributed by atoms with E-state index in [0.29, 0.717) is 167 Å². The molecule has 0 spiro atoms. The highest BCUT2D eigenvalue weighted by Crippen LogP contribution is 2.44. The van der Waals surface area contributed by atoms with Crippen molar-refractivity contribution in [1.29, 1.82) is 0 Å². The minimum absolute atomic E-state index is 0.00614. The molecule has 0 atom stereocenters. The van der Waals surface area contributed by atoms with E-state index < -0.39 is 17.2 Å². The van der Waals surface area contributed by atoms with Crippen molar-refractivity contribution in [3.8, 4) is 87.9 Å². The number of carbonyl (C=O) groups excluding carboxylic acids is 3. The van der Waals surface area contributed by atoms with Crippen LogP contribution >= 0.6 is 23.2 Å². The number of hydrogen-bond acceptors (Lipinski definition) is 15. The molecule has 12 heterocycles. The number of nitrogens with zero attached hydrogens (tertiary/aromatic N) is 15. The monoisotopic (exact) mass is 1740 g/mol. The van der Waals surface area contributed by atoms with Crippen LogP contribution in [0.2, 0.25) is 10.0 Å². The molecule has 3 amide bonds. The minimum Gasteiger partial charge on any atom is -0.366 e. The number of hydrogen-bond donors (Lipinski definition) is 0. The molecule has 0 saturated carbocycles. The van der Waals surface area contributed by atoms with Crippen LogP contribution in [-0.4, -0.2) is 155 Å². The smallest absolute Gasteiger partial charge is 0.274 e. The van der Waals surface area contributed by atoms with Gasteiger partial charge in [0, 0.05) is 130 Å². The van der Waals surface area contributed by atoms with Crippen molar-refractivity contribution in [2.45, 2.75) is 120 Å². The van der Waals surface area contributed by atoms with E-state index in [-0.39, 0.29) is 92.0 Å². The Hall–Kier alpha value is -13.7. The van der Waals surface area contributed by atoms with Crippen molar-refractivity contribution >= 4 is 91.1 Å². The van der Waals surface area contributed by atoms with Crippen LogP contribution in [-0.2, 0) is 14.4 Å². The number of aryl methyl sites for hydroxylation is 3. The fourth-order valence-electron chi connectivity index (χ4n) is 17.1. The van der Waals surface area contributed by atoms with Crippen LogP contribution in [0.5, 0.6) is 0 Å². The summed E-state index contributed by atoms with van der Waals surface area (Å²) in [7, 11) is 0. The van der Waals surface area contributed by atoms with Gasteiger partial charge in [-0.25, -0.2) is 23.7 Å². The molecule has 3 aromatic carbocycles. The molecular formula is C102H101Cl2F2N15O6. The van der Waals surface area contributed by atoms with E-state index in [1.54, 1.807) is 48.5 Å². The molecule has 0 radical (unpaired) electrons. The van der Waals surface area contributed by atoms with Gasteiger partial charge in [-0.3, -0.25) is 57.4 Å². The number of pyridine rings is 9. The van der Waals surface area contributed by atoms with Crippen LogP contribution in [0.4, 0.5) is 25.8 Å². The topological polar surface area (TPSA) is 214 Å². The molecule has 0 unspecified atom stereocenters. The highest BCUT2D eigenvalue weighted by atomic mass is 35.5. The summed E-state index contributed by atoms with van der Waals surface area (Å²) in [5.74, 6) is 6.36. The standard InChI is InChI=1S/C35H36ClN5O2.C34H33F2N5O2.C33H32ClN5O2/c1-8-24-33(40-18-16-39(17-19-40)29(42)9-2)27-20-28(36)31(26-13-11-10-12-25(26)21(3)4)38-34(27)41(35(24)43)32-23(7)14-15-37-30(32)22(5)6;1-7-22-31(40-17-15-39(16-18-40)28(42)8-2)25-19-27(36)30(24-11-9-10-12-26(24)35)38-33(25)41(34(22)43)32-23(20(3)4)13-14-37-29(32)21(5)6;1-7-23-31(38-17-15-37(16-18-38)27(40)8-2)25-19-26(34)29(24-12-10-9-11-21(24)5)36-32(25)39(33(23)41)30-22(6)13-14-35-28(30)20(3)4/h1,9-15,20-22H,2,16-19H2,3-7H3;1,8-14,19-21H,2,15-18H2,3-6H3;1,8-14,19-20H,2,15-18H2,3-6H3. The van der Waals surface area contributed by atoms with Gasteiger partial charge in [0.25, 0.3) is 16.7 Å². The zero-order valence-electron chi connectivity index (χ0n) is 73.8. The van der Waals surface area contributed by atoms with Gasteiger partial charge >= 0.3 is 0 Å². The second kappa shape index (κ2) is 38.4. The molecule has 9 aromatic heterocycles. The predicted octanol–water partition coefficient (Wildman–Crippen LogP) is 17.9. The van der Waals surface area contributed by atoms with Crippen LogP contribution < -0.4 is 31.4 Å². The minimum atomic E-state index is -0.758. The van der Waals surface area contributed by atoms with Gasteiger partial charge in [-0.05, 0) is 145 Å². The molecule has 3 saturated heterocycles. The summed E-state index contributed by atoms with van der Waals surface area (Å²) < 4.78 is 35.6. The lowest BCUT2D eigenvalue weighted by Gasteiger charge is -2.37. The maximum absolute atomic E-state index is 16.0. The molecule has 25 heteroatoms. The summed E-state index contributed by atoms with van der Waals surface area (Å²) >= 11 is 14.0. The van der Waals surface area contributed by atoms with Gasteiger partial charge in [0.2, 0.25) is 17.7 Å². The number of aromatic nitrogens is 9. The van der Waals surface area contributed by atoms with Crippen LogP contribution in [0.3, 0.4) is 0 Å². The van der Waals surface area contributed by atoms with E-state index in [9.17, 15) is 33.2 Å². The van der Waals surface area contributed by atoms with Crippen molar-refractivity contribution in [3.05, 3.63) is 280 Å². The average Bonchev–Trinajstić information content (AvgIpc) is 0.733. The van der Waals surface area contributed by atoms with Crippen molar-refractivity contribution in [1.82, 2.24) is 58.3 Å². The van der Waals surface area contributed by atoms with E-state index in [0.717, 1.165) is 50.3 Å². The molecular weight excluding hydrogens is 1640 g/mol. The summed E-state index contributed by atoms with van der Waals surface area (Å²) in [4.78, 5) is 120. The first-order valence-corrected chi connectivity index (χ1v) is 43.2. The SMILES string of the molecule is C#Cc1c(N2CCN(C(=O)C=C)CC2)c2cc(Cl)c(-c3ccccc3C(C)C)nc2n(-c2c(C)ccnc2C(C)C)c1=O.C#Cc1c(N2CCN(C(=O)C=C)CC2)c2cc(Cl)c(-c3ccccc3C)nc2n(-c2c(C)ccnc2C(C)C)c1=O.C#Cc1c(N2CCN(C(=O)C=C)CC2)c2cc(F)c(-c3ccccc3F)nc2n(-c2c(C(C)C)ccnc2C(C)C)c1=O. The van der Waals surface area contributed by atoms with Gasteiger partial charge < -0.3 is 29.4 Å². The Balaban J connectivity index is 0.000000163. The average molecular weight is 1740 g/mol. The second-order valence-electron chi connectivity index (χ2n) is 33.2. The van der Waals surface area contributed by atoms with Crippen LogP contribution in [0.15, 0.2) is 180 Å². The number of piperazine rings is 3. The fraction of sp³-hybridized carbons (Fsp3) is 0.294. The molecule has 0 aliphatic carbocycles. The Kier molecular flexibility index (Phi) is 27.6. The van der Waals surface area contributed by atoms with Gasteiger partial charge in [-0.15, -0.1) is 19.3 Å². The zero-order valence-corrected chi connectivity index (χ0v) is 75.3. The first-order chi connectivity index (χ1) is 60.8. The first-order valence-electron chi connectivity index (χ1n) is 42.4. The van der Waals surface area contributed by atoms with Crippen LogP contribution in [0.25, 0.3) is 83.9 Å². The molecule has 3 fully saturated rings. The van der Waals surface area contributed by atoms with E-state index in [1.165, 1.54) is 47.1 Å². The highest BCUT2D eigenvalue weighted by molar-refractivity contribution is 6.34. The number of fused-ring (bicyclic) bond motifs is 3. The lowest BCUT2D eigenvalue weighted by Crippen LogP contribution is -2.49. The quantitative estimate of drug-likeness (QED) is 0.0612. The maximum Gasteiger partial charge on any atom is 0.274 e. The first kappa shape index (κ1) is 91.0. The Morgan fingerprint density at radius 2 is 0.717 bits per heavy atom. The lowest BCUT2D eigenvalue weighted by atomic mass is 9.94. The molecule has 0 N–H and O–H groups in total. The van der Waals surface area contributed by atoms with Gasteiger partial charge in [0.1, 0.15) is 45.3 Å². The summed E-state index contributed by atoms with van der Waals surface area (Å²) in [6, 6.07) is 32.4. The molecule has 3 aliphatic heterocycles. The Labute approximate surface area is 748 Å². The summed E-state index contributed by atoms with van der Waals surface area (Å²) in [6.45, 7) is 42.4. The number of benzene rings is 3. The molecule has 0 bridgehead atoms. The number of halogens is 4. The van der Waals surface area contributed by atoms with E-state index in [2.05, 4.69) is 87.1 Å². The normalized spacial score (nSPS) is 13.5. The van der Waals surface area contributed by atoms with E-state index in [1.807, 2.05) is 154 Å². The molecule has 21 nitrogen and oxygen atoms in total. The summed E-state index contributed by atoms with van der Waals surface area (Å²) in [5, 5.41) is 2.56. The number of carbonyl (C=O) groups is 3. The highest BCUT2D eigenvalue weighted by Gasteiger charge is 2.35.